The fourth-order valence-electron chi connectivity index (χ4n) is 4.24. The molecule has 0 saturated carbocycles. The van der Waals surface area contributed by atoms with E-state index in [1.807, 2.05) is 47.7 Å². The molecule has 2 atom stereocenters. The van der Waals surface area contributed by atoms with Gasteiger partial charge in [-0.15, -0.1) is 12.4 Å². The molecule has 2 saturated heterocycles. The van der Waals surface area contributed by atoms with E-state index in [0.29, 0.717) is 0 Å². The highest BCUT2D eigenvalue weighted by Gasteiger charge is 2.31. The average Bonchev–Trinajstić information content (AvgIpc) is 3.14. The number of halogens is 1. The van der Waals surface area contributed by atoms with E-state index < -0.39 is 0 Å². The molecule has 2 aliphatic rings. The average molecular weight is 375 g/mol. The summed E-state index contributed by atoms with van der Waals surface area (Å²) in [6.45, 7) is 8.02. The van der Waals surface area contributed by atoms with Crippen molar-refractivity contribution in [2.45, 2.75) is 26.7 Å². The van der Waals surface area contributed by atoms with Gasteiger partial charge in [-0.2, -0.15) is 5.10 Å². The van der Waals surface area contributed by atoms with Crippen molar-refractivity contribution in [1.29, 1.82) is 0 Å². The van der Waals surface area contributed by atoms with Gasteiger partial charge in [-0.05, 0) is 81.9 Å². The topological polar surface area (TPSA) is 50.2 Å². The second-order valence-electron chi connectivity index (χ2n) is 7.43. The molecule has 0 spiro atoms. The lowest BCUT2D eigenvalue weighted by Crippen LogP contribution is -2.32. The number of aryl methyl sites for hydroxylation is 2. The van der Waals surface area contributed by atoms with Crippen molar-refractivity contribution < 1.29 is 4.79 Å². The molecule has 4 rings (SSSR count). The Morgan fingerprint density at radius 1 is 1.08 bits per heavy atom. The highest BCUT2D eigenvalue weighted by Crippen LogP contribution is 2.27. The number of likely N-dealkylation sites (tertiary alicyclic amines) is 1. The predicted molar refractivity (Wildman–Crippen MR) is 105 cm³/mol. The Bertz CT molecular complexity index is 757. The van der Waals surface area contributed by atoms with Gasteiger partial charge >= 0.3 is 0 Å². The minimum atomic E-state index is 0. The number of nitrogens with one attached hydrogen (secondary N) is 1. The summed E-state index contributed by atoms with van der Waals surface area (Å²) in [4.78, 5) is 14.9. The lowest BCUT2D eigenvalue weighted by molar-refractivity contribution is 0.0758. The minimum Gasteiger partial charge on any atom is -0.339 e. The van der Waals surface area contributed by atoms with Crippen LogP contribution in [0.5, 0.6) is 0 Å². The summed E-state index contributed by atoms with van der Waals surface area (Å²) in [5.74, 6) is 1.64. The number of carbonyl (C=O) groups is 1. The molecule has 2 fully saturated rings. The summed E-state index contributed by atoms with van der Waals surface area (Å²) in [6, 6.07) is 9.90. The molecular formula is C20H27ClN4O. The first-order valence-electron chi connectivity index (χ1n) is 9.25. The van der Waals surface area contributed by atoms with Crippen LogP contribution >= 0.6 is 12.4 Å². The predicted octanol–water partition coefficient (Wildman–Crippen LogP) is 2.98. The third-order valence-corrected chi connectivity index (χ3v) is 5.67. The third kappa shape index (κ3) is 3.64. The van der Waals surface area contributed by atoms with E-state index in [-0.39, 0.29) is 18.3 Å². The minimum absolute atomic E-state index is 0. The van der Waals surface area contributed by atoms with E-state index in [1.54, 1.807) is 0 Å². The van der Waals surface area contributed by atoms with Crippen LogP contribution in [0.25, 0.3) is 5.69 Å². The maximum absolute atomic E-state index is 12.9. The summed E-state index contributed by atoms with van der Waals surface area (Å²) >= 11 is 0. The van der Waals surface area contributed by atoms with Crippen molar-refractivity contribution in [3.8, 4) is 5.69 Å². The van der Waals surface area contributed by atoms with Crippen molar-refractivity contribution >= 4 is 18.3 Å². The highest BCUT2D eigenvalue weighted by molar-refractivity contribution is 5.94. The number of fused-ring (bicyclic) bond motifs is 1. The van der Waals surface area contributed by atoms with E-state index in [4.69, 9.17) is 0 Å². The summed E-state index contributed by atoms with van der Waals surface area (Å²) < 4.78 is 1.92. The molecule has 1 aromatic carbocycles. The molecule has 1 aromatic heterocycles. The first-order valence-corrected chi connectivity index (χ1v) is 9.25. The van der Waals surface area contributed by atoms with Gasteiger partial charge < -0.3 is 10.2 Å². The van der Waals surface area contributed by atoms with Crippen LogP contribution < -0.4 is 5.32 Å². The SMILES string of the molecule is Cc1cc(C)n(-c2ccc(C(=O)N3CC[C@@H]4CNC[C@@H]4CC3)cc2)n1.Cl. The van der Waals surface area contributed by atoms with Crippen LogP contribution in [0.2, 0.25) is 0 Å². The molecule has 5 nitrogen and oxygen atoms in total. The van der Waals surface area contributed by atoms with Crippen molar-refractivity contribution in [3.05, 3.63) is 47.3 Å². The Morgan fingerprint density at radius 2 is 1.69 bits per heavy atom. The summed E-state index contributed by atoms with van der Waals surface area (Å²) in [6.07, 6.45) is 2.24. The van der Waals surface area contributed by atoms with Gasteiger partial charge in [0.05, 0.1) is 11.4 Å². The van der Waals surface area contributed by atoms with Gasteiger partial charge in [-0.25, -0.2) is 4.68 Å². The molecule has 2 aliphatic heterocycles. The Labute approximate surface area is 161 Å². The van der Waals surface area contributed by atoms with E-state index in [2.05, 4.69) is 16.5 Å². The van der Waals surface area contributed by atoms with Crippen molar-refractivity contribution in [2.24, 2.45) is 11.8 Å². The Kier molecular flexibility index (Phi) is 5.68. The summed E-state index contributed by atoms with van der Waals surface area (Å²) in [5.41, 5.74) is 3.88. The zero-order chi connectivity index (χ0) is 17.4. The maximum Gasteiger partial charge on any atom is 0.253 e. The van der Waals surface area contributed by atoms with Gasteiger partial charge in [0, 0.05) is 24.3 Å². The van der Waals surface area contributed by atoms with Gasteiger partial charge in [0.2, 0.25) is 0 Å². The largest absolute Gasteiger partial charge is 0.339 e. The smallest absolute Gasteiger partial charge is 0.253 e. The fourth-order valence-corrected chi connectivity index (χ4v) is 4.24. The molecule has 0 aliphatic carbocycles. The molecule has 2 aromatic rings. The van der Waals surface area contributed by atoms with Crippen molar-refractivity contribution in [1.82, 2.24) is 20.0 Å². The number of hydrogen-bond donors (Lipinski definition) is 1. The van der Waals surface area contributed by atoms with E-state index in [1.165, 1.54) is 0 Å². The zero-order valence-corrected chi connectivity index (χ0v) is 16.3. The Balaban J connectivity index is 0.00000196. The normalized spacial score (nSPS) is 22.5. The summed E-state index contributed by atoms with van der Waals surface area (Å²) in [5, 5.41) is 7.99. The Hall–Kier alpha value is -1.85. The molecule has 0 unspecified atom stereocenters. The Morgan fingerprint density at radius 3 is 2.23 bits per heavy atom. The number of benzene rings is 1. The standard InChI is InChI=1S/C20H26N4O.ClH/c1-14-11-15(2)24(22-14)19-5-3-16(4-6-19)20(25)23-9-7-17-12-21-13-18(17)8-10-23;/h3-6,11,17-18,21H,7-10,12-13H2,1-2H3;1H/t17-,18+;. The molecular weight excluding hydrogens is 348 g/mol. The number of nitrogens with zero attached hydrogens (tertiary/aromatic N) is 3. The zero-order valence-electron chi connectivity index (χ0n) is 15.4. The lowest BCUT2D eigenvalue weighted by Gasteiger charge is -2.21. The third-order valence-electron chi connectivity index (χ3n) is 5.67. The molecule has 26 heavy (non-hydrogen) atoms. The van der Waals surface area contributed by atoms with E-state index >= 15 is 0 Å². The molecule has 140 valence electrons. The molecule has 3 heterocycles. The molecule has 1 N–H and O–H groups in total. The van der Waals surface area contributed by atoms with Gasteiger partial charge in [0.1, 0.15) is 0 Å². The first-order chi connectivity index (χ1) is 12.1. The van der Waals surface area contributed by atoms with Crippen LogP contribution in [0, 0.1) is 25.7 Å². The van der Waals surface area contributed by atoms with Crippen LogP contribution in [0.4, 0.5) is 0 Å². The molecule has 6 heteroatoms. The second kappa shape index (κ2) is 7.80. The van der Waals surface area contributed by atoms with E-state index in [9.17, 15) is 4.79 Å². The van der Waals surface area contributed by atoms with Crippen LogP contribution in [0.3, 0.4) is 0 Å². The van der Waals surface area contributed by atoms with Crippen molar-refractivity contribution in [2.75, 3.05) is 26.2 Å². The molecule has 1 amide bonds. The maximum atomic E-state index is 12.9. The van der Waals surface area contributed by atoms with Crippen LogP contribution in [0.15, 0.2) is 30.3 Å². The number of carbonyl (C=O) groups excluding carboxylic acids is 1. The van der Waals surface area contributed by atoms with Gasteiger partial charge in [-0.1, -0.05) is 0 Å². The van der Waals surface area contributed by atoms with Crippen molar-refractivity contribution in [3.63, 3.8) is 0 Å². The van der Waals surface area contributed by atoms with E-state index in [0.717, 1.165) is 73.5 Å². The second-order valence-corrected chi connectivity index (χ2v) is 7.43. The number of aromatic nitrogens is 2. The van der Waals surface area contributed by atoms with Gasteiger partial charge in [0.15, 0.2) is 0 Å². The highest BCUT2D eigenvalue weighted by atomic mass is 35.5. The lowest BCUT2D eigenvalue weighted by atomic mass is 9.92. The number of hydrogen-bond acceptors (Lipinski definition) is 3. The van der Waals surface area contributed by atoms with Crippen LogP contribution in [-0.4, -0.2) is 46.8 Å². The van der Waals surface area contributed by atoms with Gasteiger partial charge in [-0.3, -0.25) is 4.79 Å². The molecule has 0 bridgehead atoms. The monoisotopic (exact) mass is 374 g/mol. The molecule has 0 radical (unpaired) electrons. The fraction of sp³-hybridized carbons (Fsp3) is 0.500. The number of rotatable bonds is 2. The number of amides is 1. The van der Waals surface area contributed by atoms with Crippen LogP contribution in [0.1, 0.15) is 34.6 Å². The van der Waals surface area contributed by atoms with Gasteiger partial charge in [0.25, 0.3) is 5.91 Å². The quantitative estimate of drug-likeness (QED) is 0.879. The summed E-state index contributed by atoms with van der Waals surface area (Å²) in [7, 11) is 0. The first kappa shape index (κ1) is 18.9. The van der Waals surface area contributed by atoms with Crippen LogP contribution in [-0.2, 0) is 0 Å².